The van der Waals surface area contributed by atoms with E-state index in [0.717, 1.165) is 34.2 Å². The van der Waals surface area contributed by atoms with Gasteiger partial charge in [-0.25, -0.2) is 9.97 Å². The van der Waals surface area contributed by atoms with Crippen LogP contribution in [0.25, 0.3) is 10.8 Å². The fourth-order valence-electron chi connectivity index (χ4n) is 1.94. The highest BCUT2D eigenvalue weighted by Gasteiger charge is 2.23. The first-order chi connectivity index (χ1) is 7.75. The van der Waals surface area contributed by atoms with Gasteiger partial charge in [-0.05, 0) is 12.8 Å². The number of nitrogens with zero attached hydrogens (tertiary/aromatic N) is 3. The summed E-state index contributed by atoms with van der Waals surface area (Å²) in [6.45, 7) is 0. The van der Waals surface area contributed by atoms with Gasteiger partial charge in [0.2, 0.25) is 0 Å². The van der Waals surface area contributed by atoms with Crippen molar-refractivity contribution in [3.05, 3.63) is 23.0 Å². The summed E-state index contributed by atoms with van der Waals surface area (Å²) in [4.78, 5) is 21.3. The fourth-order valence-corrected chi connectivity index (χ4v) is 3.05. The summed E-state index contributed by atoms with van der Waals surface area (Å²) in [7, 11) is 1.94. The minimum Gasteiger partial charge on any atom is -0.332 e. The summed E-state index contributed by atoms with van der Waals surface area (Å²) in [6.07, 6.45) is 6.14. The molecular formula is C11H11N3OS. The van der Waals surface area contributed by atoms with Crippen LogP contribution in [-0.2, 0) is 13.5 Å². The molecule has 0 spiro atoms. The summed E-state index contributed by atoms with van der Waals surface area (Å²) < 4.78 is 1.93. The van der Waals surface area contributed by atoms with Crippen molar-refractivity contribution in [2.45, 2.75) is 19.3 Å². The van der Waals surface area contributed by atoms with E-state index < -0.39 is 0 Å². The lowest BCUT2D eigenvalue weighted by atomic mass is 10.0. The van der Waals surface area contributed by atoms with Crippen molar-refractivity contribution in [3.63, 3.8) is 0 Å². The Bertz CT molecular complexity index is 555. The molecule has 2 aromatic rings. The molecule has 1 aliphatic rings. The Morgan fingerprint density at radius 3 is 3.00 bits per heavy atom. The molecule has 0 radical (unpaired) electrons. The zero-order valence-corrected chi connectivity index (χ0v) is 9.75. The Labute approximate surface area is 97.0 Å². The first-order valence-electron chi connectivity index (χ1n) is 5.26. The molecule has 0 aliphatic heterocycles. The van der Waals surface area contributed by atoms with Crippen molar-refractivity contribution in [2.24, 2.45) is 7.05 Å². The second kappa shape index (κ2) is 3.52. The van der Waals surface area contributed by atoms with Crippen molar-refractivity contribution in [1.29, 1.82) is 0 Å². The predicted octanol–water partition coefficient (Wildman–Crippen LogP) is 2.06. The van der Waals surface area contributed by atoms with Gasteiger partial charge >= 0.3 is 0 Å². The molecule has 0 aromatic carbocycles. The number of carbonyl (C=O) groups excluding carboxylic acids is 1. The van der Waals surface area contributed by atoms with Crippen LogP contribution in [-0.4, -0.2) is 20.3 Å². The molecule has 5 heteroatoms. The summed E-state index contributed by atoms with van der Waals surface area (Å²) in [5.41, 5.74) is 0.958. The normalized spacial score (nSPS) is 15.2. The fraction of sp³-hybridized carbons (Fsp3) is 0.364. The van der Waals surface area contributed by atoms with Crippen molar-refractivity contribution in [3.8, 4) is 10.8 Å². The largest absolute Gasteiger partial charge is 0.332 e. The average Bonchev–Trinajstić information content (AvgIpc) is 2.84. The lowest BCUT2D eigenvalue weighted by Gasteiger charge is -2.06. The van der Waals surface area contributed by atoms with E-state index >= 15 is 0 Å². The highest BCUT2D eigenvalue weighted by atomic mass is 32.1. The number of ketones is 1. The van der Waals surface area contributed by atoms with Gasteiger partial charge in [-0.15, -0.1) is 11.3 Å². The maximum atomic E-state index is 11.7. The minimum absolute atomic E-state index is 0.235. The Morgan fingerprint density at radius 2 is 2.31 bits per heavy atom. The van der Waals surface area contributed by atoms with Crippen LogP contribution < -0.4 is 0 Å². The maximum absolute atomic E-state index is 11.7. The third kappa shape index (κ3) is 1.39. The second-order valence-electron chi connectivity index (χ2n) is 3.93. The molecule has 0 atom stereocenters. The number of fused-ring (bicyclic) bond motifs is 1. The lowest BCUT2D eigenvalue weighted by molar-refractivity contribution is 0.0976. The number of aryl methyl sites for hydroxylation is 2. The van der Waals surface area contributed by atoms with Gasteiger partial charge in [0.15, 0.2) is 16.6 Å². The summed E-state index contributed by atoms with van der Waals surface area (Å²) >= 11 is 1.47. The van der Waals surface area contributed by atoms with E-state index in [-0.39, 0.29) is 5.78 Å². The van der Waals surface area contributed by atoms with Gasteiger partial charge in [-0.1, -0.05) is 0 Å². The highest BCUT2D eigenvalue weighted by molar-refractivity contribution is 7.17. The Hall–Kier alpha value is -1.49. The average molecular weight is 233 g/mol. The first-order valence-corrected chi connectivity index (χ1v) is 6.08. The van der Waals surface area contributed by atoms with Crippen LogP contribution in [0.3, 0.4) is 0 Å². The van der Waals surface area contributed by atoms with Crippen LogP contribution in [0.2, 0.25) is 0 Å². The smallest absolute Gasteiger partial charge is 0.174 e. The molecule has 2 heterocycles. The third-order valence-electron chi connectivity index (χ3n) is 2.78. The molecule has 3 rings (SSSR count). The van der Waals surface area contributed by atoms with Crippen LogP contribution in [0.1, 0.15) is 28.2 Å². The van der Waals surface area contributed by atoms with Crippen LogP contribution in [0.15, 0.2) is 12.4 Å². The number of hydrogen-bond donors (Lipinski definition) is 0. The number of carbonyl (C=O) groups is 1. The minimum atomic E-state index is 0.235. The van der Waals surface area contributed by atoms with Crippen molar-refractivity contribution in [2.75, 3.05) is 0 Å². The molecule has 4 nitrogen and oxygen atoms in total. The zero-order valence-electron chi connectivity index (χ0n) is 8.93. The highest BCUT2D eigenvalue weighted by Crippen LogP contribution is 2.31. The molecule has 1 aliphatic carbocycles. The summed E-state index contributed by atoms with van der Waals surface area (Å²) in [5, 5.41) is 0.854. The van der Waals surface area contributed by atoms with Gasteiger partial charge in [-0.2, -0.15) is 0 Å². The van der Waals surface area contributed by atoms with Crippen LogP contribution in [0.5, 0.6) is 0 Å². The molecule has 0 saturated carbocycles. The van der Waals surface area contributed by atoms with E-state index in [9.17, 15) is 4.79 Å². The van der Waals surface area contributed by atoms with Crippen molar-refractivity contribution >= 4 is 17.1 Å². The Morgan fingerprint density at radius 1 is 1.44 bits per heavy atom. The molecule has 82 valence electrons. The number of thiazole rings is 1. The SMILES string of the molecule is Cn1ccnc1-c1nc2c(s1)C(=O)CCC2. The van der Waals surface area contributed by atoms with E-state index in [2.05, 4.69) is 9.97 Å². The van der Waals surface area contributed by atoms with Crippen molar-refractivity contribution < 1.29 is 4.79 Å². The molecule has 0 fully saturated rings. The van der Waals surface area contributed by atoms with E-state index in [4.69, 9.17) is 0 Å². The van der Waals surface area contributed by atoms with Gasteiger partial charge in [0.05, 0.1) is 10.6 Å². The van der Waals surface area contributed by atoms with E-state index in [1.807, 2.05) is 17.8 Å². The quantitative estimate of drug-likeness (QED) is 0.757. The lowest BCUT2D eigenvalue weighted by Crippen LogP contribution is -2.07. The zero-order chi connectivity index (χ0) is 11.1. The Balaban J connectivity index is 2.11. The van der Waals surface area contributed by atoms with Gasteiger partial charge in [0, 0.05) is 25.9 Å². The van der Waals surface area contributed by atoms with E-state index in [0.29, 0.717) is 6.42 Å². The number of imidazole rings is 1. The summed E-state index contributed by atoms with van der Waals surface area (Å²) in [5.74, 6) is 1.08. The molecular weight excluding hydrogens is 222 g/mol. The van der Waals surface area contributed by atoms with Crippen molar-refractivity contribution in [1.82, 2.24) is 14.5 Å². The number of rotatable bonds is 1. The number of aromatic nitrogens is 3. The standard InChI is InChI=1S/C11H11N3OS/c1-14-6-5-12-10(14)11-13-7-3-2-4-8(15)9(7)16-11/h5-6H,2-4H2,1H3. The second-order valence-corrected chi connectivity index (χ2v) is 4.93. The topological polar surface area (TPSA) is 47.8 Å². The van der Waals surface area contributed by atoms with Gasteiger partial charge < -0.3 is 4.57 Å². The van der Waals surface area contributed by atoms with E-state index in [1.54, 1.807) is 6.20 Å². The maximum Gasteiger partial charge on any atom is 0.174 e. The Kier molecular flexibility index (Phi) is 2.14. The predicted molar refractivity (Wildman–Crippen MR) is 61.6 cm³/mol. The molecule has 0 bridgehead atoms. The molecule has 0 amide bonds. The van der Waals surface area contributed by atoms with E-state index in [1.165, 1.54) is 11.3 Å². The molecule has 0 unspecified atom stereocenters. The first kappa shape index (κ1) is 9.72. The molecule has 0 saturated heterocycles. The number of hydrogen-bond acceptors (Lipinski definition) is 4. The van der Waals surface area contributed by atoms with Gasteiger partial charge in [0.1, 0.15) is 0 Å². The molecule has 0 N–H and O–H groups in total. The van der Waals surface area contributed by atoms with Gasteiger partial charge in [-0.3, -0.25) is 4.79 Å². The van der Waals surface area contributed by atoms with Crippen LogP contribution >= 0.6 is 11.3 Å². The van der Waals surface area contributed by atoms with Gasteiger partial charge in [0.25, 0.3) is 0 Å². The summed E-state index contributed by atoms with van der Waals surface area (Å²) in [6, 6.07) is 0. The number of Topliss-reactive ketones (excluding diaryl/α,β-unsaturated/α-hetero) is 1. The third-order valence-corrected chi connectivity index (χ3v) is 3.92. The van der Waals surface area contributed by atoms with Crippen LogP contribution in [0.4, 0.5) is 0 Å². The monoisotopic (exact) mass is 233 g/mol. The molecule has 16 heavy (non-hydrogen) atoms. The molecule has 2 aromatic heterocycles. The van der Waals surface area contributed by atoms with Crippen LogP contribution in [0, 0.1) is 0 Å².